The van der Waals surface area contributed by atoms with Gasteiger partial charge in [-0.2, -0.15) is 0 Å². The molecule has 0 bridgehead atoms. The maximum atomic E-state index is 5.98. The zero-order valence-corrected chi connectivity index (χ0v) is 9.09. The highest BCUT2D eigenvalue weighted by Crippen LogP contribution is 2.46. The molecule has 0 spiro atoms. The maximum Gasteiger partial charge on any atom is 0.175 e. The van der Waals surface area contributed by atoms with Crippen molar-refractivity contribution in [3.05, 3.63) is 23.3 Å². The van der Waals surface area contributed by atoms with Crippen LogP contribution in [-0.2, 0) is 0 Å². The normalized spacial score (nSPS) is 32.4. The number of benzene rings is 1. The number of hydrogen-bond donors (Lipinski definition) is 1. The molecule has 1 aromatic carbocycles. The molecule has 0 aromatic heterocycles. The average Bonchev–Trinajstić information content (AvgIpc) is 2.65. The Labute approximate surface area is 105 Å². The summed E-state index contributed by atoms with van der Waals surface area (Å²) in [5, 5.41) is 0. The molecule has 2 unspecified atom stereocenters. The van der Waals surface area contributed by atoms with E-state index in [-0.39, 0.29) is 17.7 Å². The molecule has 2 N–H and O–H groups in total. The molecule has 3 nitrogen and oxygen atoms in total. The molecule has 3 rings (SSSR count). The van der Waals surface area contributed by atoms with Crippen LogP contribution in [0.1, 0.15) is 22.8 Å². The van der Waals surface area contributed by atoms with Crippen molar-refractivity contribution in [2.45, 2.75) is 23.3 Å². The van der Waals surface area contributed by atoms with E-state index in [2.05, 4.69) is 0 Å². The standard InChI is InChI=1S/C10H7B4NO2/c11-7-3-1-5-6(17-10(13,14)16-5)2-4(3)8(12)9(7)15/h1-2,7-9H,15H2. The van der Waals surface area contributed by atoms with Crippen molar-refractivity contribution in [1.82, 2.24) is 0 Å². The molecular formula is C10H7B4NO2. The predicted molar refractivity (Wildman–Crippen MR) is 66.9 cm³/mol. The summed E-state index contributed by atoms with van der Waals surface area (Å²) in [6.07, 6.45) is 0. The van der Waals surface area contributed by atoms with Crippen LogP contribution < -0.4 is 15.2 Å². The molecule has 0 amide bonds. The van der Waals surface area contributed by atoms with Crippen LogP contribution in [-0.4, -0.2) is 43.0 Å². The minimum Gasteiger partial charge on any atom is -0.468 e. The minimum absolute atomic E-state index is 0.312. The molecule has 0 saturated heterocycles. The van der Waals surface area contributed by atoms with E-state index in [9.17, 15) is 0 Å². The fourth-order valence-corrected chi connectivity index (χ4v) is 2.33. The molecule has 2 atom stereocenters. The van der Waals surface area contributed by atoms with Crippen molar-refractivity contribution in [2.75, 3.05) is 0 Å². The van der Waals surface area contributed by atoms with Gasteiger partial charge in [-0.3, -0.25) is 0 Å². The van der Waals surface area contributed by atoms with Gasteiger partial charge in [0.1, 0.15) is 0 Å². The quantitative estimate of drug-likeness (QED) is 0.576. The molecule has 1 aliphatic carbocycles. The molecule has 7 heteroatoms. The number of rotatable bonds is 0. The molecule has 2 aliphatic rings. The smallest absolute Gasteiger partial charge is 0.175 e. The molecular weight excluding hydrogens is 209 g/mol. The number of nitrogens with two attached hydrogens (primary N) is 1. The first-order valence-corrected chi connectivity index (χ1v) is 5.29. The van der Waals surface area contributed by atoms with Crippen molar-refractivity contribution in [2.24, 2.45) is 5.73 Å². The summed E-state index contributed by atoms with van der Waals surface area (Å²) >= 11 is 0. The highest BCUT2D eigenvalue weighted by Gasteiger charge is 2.37. The predicted octanol–water partition coefficient (Wildman–Crippen LogP) is -0.834. The Balaban J connectivity index is 2.10. The molecule has 1 aliphatic heterocycles. The third-order valence-corrected chi connectivity index (χ3v) is 3.24. The molecule has 0 fully saturated rings. The lowest BCUT2D eigenvalue weighted by atomic mass is 9.74. The van der Waals surface area contributed by atoms with Gasteiger partial charge in [0.15, 0.2) is 32.8 Å². The Morgan fingerprint density at radius 1 is 1.00 bits per heavy atom. The molecule has 1 heterocycles. The summed E-state index contributed by atoms with van der Waals surface area (Å²) in [4.78, 5) is 0. The van der Waals surface area contributed by atoms with Gasteiger partial charge in [-0.25, -0.2) is 0 Å². The molecule has 76 valence electrons. The summed E-state index contributed by atoms with van der Waals surface area (Å²) < 4.78 is 10.5. The van der Waals surface area contributed by atoms with E-state index in [0.29, 0.717) is 11.5 Å². The van der Waals surface area contributed by atoms with E-state index >= 15 is 0 Å². The van der Waals surface area contributed by atoms with Crippen molar-refractivity contribution in [3.8, 4) is 11.5 Å². The fraction of sp³-hybridized carbons (Fsp3) is 0.400. The van der Waals surface area contributed by atoms with Gasteiger partial charge in [0.2, 0.25) is 0 Å². The minimum atomic E-state index is -1.63. The third kappa shape index (κ3) is 1.52. The topological polar surface area (TPSA) is 44.5 Å². The van der Waals surface area contributed by atoms with Gasteiger partial charge in [-0.1, -0.05) is 0 Å². The fourth-order valence-electron chi connectivity index (χ4n) is 2.33. The van der Waals surface area contributed by atoms with Crippen LogP contribution in [0.5, 0.6) is 11.5 Å². The second-order valence-corrected chi connectivity index (χ2v) is 4.48. The Kier molecular flexibility index (Phi) is 2.15. The SMILES string of the molecule is [B]C1c2cc3c(cc2C([B])C1N)OC([B])([B])O3. The Hall–Kier alpha value is -0.960. The highest BCUT2D eigenvalue weighted by atomic mass is 16.7. The van der Waals surface area contributed by atoms with E-state index in [1.807, 2.05) is 0 Å². The Morgan fingerprint density at radius 2 is 1.41 bits per heavy atom. The van der Waals surface area contributed by atoms with Gasteiger partial charge >= 0.3 is 0 Å². The second kappa shape index (κ2) is 3.29. The zero-order valence-electron chi connectivity index (χ0n) is 9.09. The zero-order chi connectivity index (χ0) is 12.4. The van der Waals surface area contributed by atoms with E-state index in [1.165, 1.54) is 0 Å². The lowest BCUT2D eigenvalue weighted by Crippen LogP contribution is -2.39. The van der Waals surface area contributed by atoms with Crippen LogP contribution in [0.15, 0.2) is 12.1 Å². The maximum absolute atomic E-state index is 5.98. The first-order valence-electron chi connectivity index (χ1n) is 5.29. The van der Waals surface area contributed by atoms with Crippen LogP contribution >= 0.6 is 0 Å². The van der Waals surface area contributed by atoms with E-state index < -0.39 is 5.59 Å². The summed E-state index contributed by atoms with van der Waals surface area (Å²) in [5.41, 5.74) is 5.98. The average molecular weight is 216 g/mol. The third-order valence-electron chi connectivity index (χ3n) is 3.24. The van der Waals surface area contributed by atoms with Crippen LogP contribution in [0.25, 0.3) is 0 Å². The van der Waals surface area contributed by atoms with Crippen molar-refractivity contribution >= 4 is 31.4 Å². The highest BCUT2D eigenvalue weighted by molar-refractivity contribution is 6.38. The van der Waals surface area contributed by atoms with Crippen LogP contribution in [0.3, 0.4) is 0 Å². The number of fused-ring (bicyclic) bond motifs is 2. The van der Waals surface area contributed by atoms with Crippen LogP contribution in [0, 0.1) is 0 Å². The summed E-state index contributed by atoms with van der Waals surface area (Å²) in [7, 11) is 23.0. The summed E-state index contributed by atoms with van der Waals surface area (Å²) in [5.74, 6) is 0.287. The number of hydrogen-bond acceptors (Lipinski definition) is 3. The number of ether oxygens (including phenoxy) is 2. The van der Waals surface area contributed by atoms with Crippen molar-refractivity contribution in [3.63, 3.8) is 0 Å². The van der Waals surface area contributed by atoms with Crippen molar-refractivity contribution in [1.29, 1.82) is 0 Å². The second-order valence-electron chi connectivity index (χ2n) is 4.48. The van der Waals surface area contributed by atoms with E-state index in [1.54, 1.807) is 12.1 Å². The van der Waals surface area contributed by atoms with Gasteiger partial charge in [0.25, 0.3) is 0 Å². The van der Waals surface area contributed by atoms with Gasteiger partial charge in [0, 0.05) is 6.04 Å². The van der Waals surface area contributed by atoms with E-state index in [0.717, 1.165) is 11.1 Å². The Bertz CT molecular complexity index is 452. The van der Waals surface area contributed by atoms with Gasteiger partial charge < -0.3 is 15.2 Å². The lowest BCUT2D eigenvalue weighted by Gasteiger charge is -2.18. The van der Waals surface area contributed by atoms with Crippen LogP contribution in [0.4, 0.5) is 0 Å². The summed E-state index contributed by atoms with van der Waals surface area (Å²) in [6, 6.07) is 3.17. The molecule has 0 saturated carbocycles. The Morgan fingerprint density at radius 3 is 1.82 bits per heavy atom. The summed E-state index contributed by atoms with van der Waals surface area (Å²) in [6.45, 7) is 0. The van der Waals surface area contributed by atoms with Crippen molar-refractivity contribution < 1.29 is 9.47 Å². The molecule has 1 aromatic rings. The molecule has 17 heavy (non-hydrogen) atoms. The first-order chi connectivity index (χ1) is 7.89. The molecule has 8 radical (unpaired) electrons. The first kappa shape index (κ1) is 11.1. The monoisotopic (exact) mass is 217 g/mol. The van der Waals surface area contributed by atoms with Gasteiger partial charge in [-0.15, -0.1) is 0 Å². The lowest BCUT2D eigenvalue weighted by molar-refractivity contribution is 0.0833. The van der Waals surface area contributed by atoms with E-state index in [4.69, 9.17) is 46.6 Å². The largest absolute Gasteiger partial charge is 0.468 e. The van der Waals surface area contributed by atoms with Gasteiger partial charge in [-0.05, 0) is 34.9 Å². The van der Waals surface area contributed by atoms with Crippen LogP contribution in [0.2, 0.25) is 0 Å². The van der Waals surface area contributed by atoms with Gasteiger partial charge in [0.05, 0.1) is 15.7 Å².